The molecule has 0 aliphatic carbocycles. The molecule has 96 valence electrons. The maximum atomic E-state index is 11.0. The molecule has 0 saturated heterocycles. The van der Waals surface area contributed by atoms with E-state index in [2.05, 4.69) is 4.98 Å². The van der Waals surface area contributed by atoms with Crippen molar-refractivity contribution in [2.45, 2.75) is 11.4 Å². The smallest absolute Gasteiger partial charge is 0.261 e. The van der Waals surface area contributed by atoms with Crippen molar-refractivity contribution in [1.29, 1.82) is 0 Å². The predicted octanol–water partition coefficient (Wildman–Crippen LogP) is 1.89. The lowest BCUT2D eigenvalue weighted by atomic mass is 10.3. The highest BCUT2D eigenvalue weighted by Crippen LogP contribution is 2.18. The molecule has 0 atom stereocenters. The molecule has 0 fully saturated rings. The molecule has 0 saturated carbocycles. The first-order valence-corrected chi connectivity index (χ1v) is 7.50. The fourth-order valence-electron chi connectivity index (χ4n) is 1.39. The summed E-state index contributed by atoms with van der Waals surface area (Å²) >= 11 is 0. The highest BCUT2D eigenvalue weighted by Gasteiger charge is 2.08. The van der Waals surface area contributed by atoms with Crippen LogP contribution in [0.15, 0.2) is 47.9 Å². The number of hydrogen-bond acceptors (Lipinski definition) is 4. The summed E-state index contributed by atoms with van der Waals surface area (Å²) in [5.41, 5.74) is 0. The van der Waals surface area contributed by atoms with Crippen LogP contribution in [0.2, 0.25) is 0 Å². The second kappa shape index (κ2) is 5.41. The molecule has 1 aromatic heterocycles. The summed E-state index contributed by atoms with van der Waals surface area (Å²) in [5.74, 6) is 0.596. The summed E-state index contributed by atoms with van der Waals surface area (Å²) in [6, 6.07) is 5.97. The molecule has 0 radical (unpaired) electrons. The Morgan fingerprint density at radius 1 is 1.28 bits per heavy atom. The Labute approximate surface area is 109 Å². The number of rotatable bonds is 5. The molecule has 2 rings (SSSR count). The van der Waals surface area contributed by atoms with Crippen LogP contribution in [0.25, 0.3) is 0 Å². The van der Waals surface area contributed by atoms with E-state index in [-0.39, 0.29) is 4.90 Å². The minimum Gasteiger partial charge on any atom is -0.492 e. The van der Waals surface area contributed by atoms with Gasteiger partial charge in [0.1, 0.15) is 12.4 Å². The first-order chi connectivity index (χ1) is 8.55. The average Bonchev–Trinajstić information content (AvgIpc) is 2.82. The van der Waals surface area contributed by atoms with E-state index < -0.39 is 9.05 Å². The van der Waals surface area contributed by atoms with Gasteiger partial charge in [-0.05, 0) is 24.3 Å². The van der Waals surface area contributed by atoms with Crippen LogP contribution in [0.4, 0.5) is 0 Å². The number of ether oxygens (including phenoxy) is 1. The molecule has 0 aliphatic heterocycles. The molecular weight excluding hydrogens is 276 g/mol. The lowest BCUT2D eigenvalue weighted by Crippen LogP contribution is -2.06. The lowest BCUT2D eigenvalue weighted by Gasteiger charge is -2.06. The molecule has 18 heavy (non-hydrogen) atoms. The van der Waals surface area contributed by atoms with Crippen LogP contribution in [0.3, 0.4) is 0 Å². The molecular formula is C11H11ClN2O3S. The zero-order valence-electron chi connectivity index (χ0n) is 9.36. The van der Waals surface area contributed by atoms with Crippen molar-refractivity contribution < 1.29 is 13.2 Å². The first kappa shape index (κ1) is 12.9. The standard InChI is InChI=1S/C11H11ClN2O3S/c12-18(15,16)11-3-1-10(2-4-11)17-8-7-14-6-5-13-9-14/h1-6,9H,7-8H2. The molecule has 2 aromatic rings. The third-order valence-corrected chi connectivity index (χ3v) is 3.65. The normalized spacial score (nSPS) is 11.4. The molecule has 1 aromatic carbocycles. The van der Waals surface area contributed by atoms with Gasteiger partial charge in [-0.2, -0.15) is 0 Å². The van der Waals surface area contributed by atoms with Crippen LogP contribution in [-0.2, 0) is 15.6 Å². The zero-order valence-corrected chi connectivity index (χ0v) is 10.9. The van der Waals surface area contributed by atoms with E-state index in [1.165, 1.54) is 12.1 Å². The molecule has 0 bridgehead atoms. The summed E-state index contributed by atoms with van der Waals surface area (Å²) in [6.45, 7) is 1.15. The van der Waals surface area contributed by atoms with E-state index >= 15 is 0 Å². The van der Waals surface area contributed by atoms with Gasteiger partial charge in [-0.25, -0.2) is 13.4 Å². The molecule has 0 aliphatic rings. The molecule has 0 spiro atoms. The fraction of sp³-hybridized carbons (Fsp3) is 0.182. The van der Waals surface area contributed by atoms with Crippen LogP contribution in [0, 0.1) is 0 Å². The molecule has 5 nitrogen and oxygen atoms in total. The van der Waals surface area contributed by atoms with Crippen LogP contribution in [-0.4, -0.2) is 24.6 Å². The van der Waals surface area contributed by atoms with Crippen molar-refractivity contribution in [2.24, 2.45) is 0 Å². The Bertz CT molecular complexity index is 594. The summed E-state index contributed by atoms with van der Waals surface area (Å²) in [5, 5.41) is 0. The van der Waals surface area contributed by atoms with Gasteiger partial charge in [0.25, 0.3) is 9.05 Å². The zero-order chi connectivity index (χ0) is 13.0. The summed E-state index contributed by atoms with van der Waals surface area (Å²) in [7, 11) is 1.53. The van der Waals surface area contributed by atoms with E-state index in [1.807, 2.05) is 10.8 Å². The van der Waals surface area contributed by atoms with E-state index in [1.54, 1.807) is 24.7 Å². The third kappa shape index (κ3) is 3.48. The monoisotopic (exact) mass is 286 g/mol. The van der Waals surface area contributed by atoms with Crippen molar-refractivity contribution in [3.63, 3.8) is 0 Å². The summed E-state index contributed by atoms with van der Waals surface area (Å²) in [6.07, 6.45) is 5.24. The minimum absolute atomic E-state index is 0.0612. The highest BCUT2D eigenvalue weighted by molar-refractivity contribution is 8.13. The molecule has 0 unspecified atom stereocenters. The molecule has 7 heteroatoms. The van der Waals surface area contributed by atoms with E-state index in [9.17, 15) is 8.42 Å². The Balaban J connectivity index is 1.91. The number of imidazole rings is 1. The fourth-order valence-corrected chi connectivity index (χ4v) is 2.16. The van der Waals surface area contributed by atoms with Gasteiger partial charge in [0.05, 0.1) is 17.8 Å². The maximum Gasteiger partial charge on any atom is 0.261 e. The second-order valence-corrected chi connectivity index (χ2v) is 6.12. The predicted molar refractivity (Wildman–Crippen MR) is 67.2 cm³/mol. The summed E-state index contributed by atoms with van der Waals surface area (Å²) in [4.78, 5) is 3.97. The molecule has 1 heterocycles. The van der Waals surface area contributed by atoms with Crippen molar-refractivity contribution in [2.75, 3.05) is 6.61 Å². The van der Waals surface area contributed by atoms with Crippen LogP contribution in [0.1, 0.15) is 0 Å². The number of hydrogen-bond donors (Lipinski definition) is 0. The van der Waals surface area contributed by atoms with Gasteiger partial charge in [0, 0.05) is 23.1 Å². The largest absolute Gasteiger partial charge is 0.492 e. The Hall–Kier alpha value is -1.53. The Morgan fingerprint density at radius 3 is 2.56 bits per heavy atom. The van der Waals surface area contributed by atoms with Crippen molar-refractivity contribution in [3.05, 3.63) is 43.0 Å². The van der Waals surface area contributed by atoms with Crippen molar-refractivity contribution >= 4 is 19.7 Å². The van der Waals surface area contributed by atoms with Gasteiger partial charge >= 0.3 is 0 Å². The highest BCUT2D eigenvalue weighted by atomic mass is 35.7. The van der Waals surface area contributed by atoms with Gasteiger partial charge < -0.3 is 9.30 Å². The number of nitrogens with zero attached hydrogens (tertiary/aromatic N) is 2. The maximum absolute atomic E-state index is 11.0. The minimum atomic E-state index is -3.67. The van der Waals surface area contributed by atoms with Gasteiger partial charge in [0.15, 0.2) is 0 Å². The quantitative estimate of drug-likeness (QED) is 0.788. The van der Waals surface area contributed by atoms with E-state index in [0.29, 0.717) is 18.9 Å². The Kier molecular flexibility index (Phi) is 3.88. The third-order valence-electron chi connectivity index (χ3n) is 2.28. The SMILES string of the molecule is O=S(=O)(Cl)c1ccc(OCCn2ccnc2)cc1. The van der Waals surface area contributed by atoms with Crippen LogP contribution < -0.4 is 4.74 Å². The lowest BCUT2D eigenvalue weighted by molar-refractivity contribution is 0.298. The van der Waals surface area contributed by atoms with Gasteiger partial charge in [-0.1, -0.05) is 0 Å². The van der Waals surface area contributed by atoms with E-state index in [0.717, 1.165) is 0 Å². The number of benzene rings is 1. The average molecular weight is 287 g/mol. The topological polar surface area (TPSA) is 61.2 Å². The van der Waals surface area contributed by atoms with Crippen molar-refractivity contribution in [3.8, 4) is 5.75 Å². The number of halogens is 1. The second-order valence-electron chi connectivity index (χ2n) is 3.56. The van der Waals surface area contributed by atoms with Gasteiger partial charge in [-0.3, -0.25) is 0 Å². The molecule has 0 N–H and O–H groups in total. The first-order valence-electron chi connectivity index (χ1n) is 5.19. The van der Waals surface area contributed by atoms with Crippen molar-refractivity contribution in [1.82, 2.24) is 9.55 Å². The molecule has 0 amide bonds. The Morgan fingerprint density at radius 2 is 2.00 bits per heavy atom. The summed E-state index contributed by atoms with van der Waals surface area (Å²) < 4.78 is 29.4. The number of aromatic nitrogens is 2. The van der Waals surface area contributed by atoms with Gasteiger partial charge in [-0.15, -0.1) is 0 Å². The van der Waals surface area contributed by atoms with E-state index in [4.69, 9.17) is 15.4 Å². The van der Waals surface area contributed by atoms with Gasteiger partial charge in [0.2, 0.25) is 0 Å². The van der Waals surface area contributed by atoms with Crippen LogP contribution in [0.5, 0.6) is 5.75 Å². The van der Waals surface area contributed by atoms with Crippen LogP contribution >= 0.6 is 10.7 Å².